The number of rotatable bonds is 5. The van der Waals surface area contributed by atoms with Crippen LogP contribution in [0.15, 0.2) is 58.4 Å². The lowest BCUT2D eigenvalue weighted by Gasteiger charge is -2.45. The standard InChI is InChI=1S/C27H30FN5O3/c1-18(30-12-11-29-5)24(34)27-15-19-16-31-33(22-8-6-21(28)7-9-22)23(19)14-20(27)10-13-32(17-27)25(35)36-26(2,3)4/h6-9,11-12,14,16H,5,10,13,15,17H2,1-4H3/b12-11-,30-18+/t27-/m0/s1. The summed E-state index contributed by atoms with van der Waals surface area (Å²) in [5.41, 5.74) is 1.99. The Labute approximate surface area is 209 Å². The van der Waals surface area contributed by atoms with Crippen LogP contribution in [-0.4, -0.2) is 57.7 Å². The van der Waals surface area contributed by atoms with Gasteiger partial charge < -0.3 is 9.64 Å². The summed E-state index contributed by atoms with van der Waals surface area (Å²) in [6.07, 6.45) is 6.93. The van der Waals surface area contributed by atoms with Crippen LogP contribution in [0, 0.1) is 11.2 Å². The molecule has 0 spiro atoms. The van der Waals surface area contributed by atoms with Gasteiger partial charge in [0.05, 0.1) is 28.7 Å². The molecule has 1 aliphatic heterocycles. The van der Waals surface area contributed by atoms with Crippen LogP contribution >= 0.6 is 0 Å². The summed E-state index contributed by atoms with van der Waals surface area (Å²) in [6, 6.07) is 6.10. The summed E-state index contributed by atoms with van der Waals surface area (Å²) in [5, 5.41) is 4.53. The lowest BCUT2D eigenvalue weighted by molar-refractivity contribution is -0.121. The van der Waals surface area contributed by atoms with Crippen LogP contribution in [0.1, 0.15) is 45.4 Å². The van der Waals surface area contributed by atoms with Crippen LogP contribution in [0.2, 0.25) is 0 Å². The second-order valence-corrected chi connectivity index (χ2v) is 10.0. The van der Waals surface area contributed by atoms with Crippen molar-refractivity contribution in [3.8, 4) is 5.69 Å². The molecule has 4 rings (SSSR count). The van der Waals surface area contributed by atoms with E-state index in [1.54, 1.807) is 34.8 Å². The normalized spacial score (nSPS) is 20.0. The second-order valence-electron chi connectivity index (χ2n) is 10.0. The minimum atomic E-state index is -0.998. The average Bonchev–Trinajstić information content (AvgIpc) is 3.23. The zero-order valence-corrected chi connectivity index (χ0v) is 21.0. The number of hydrogen-bond donors (Lipinski definition) is 0. The molecule has 2 heterocycles. The van der Waals surface area contributed by atoms with Gasteiger partial charge in [0, 0.05) is 25.5 Å². The van der Waals surface area contributed by atoms with Gasteiger partial charge in [-0.2, -0.15) is 5.10 Å². The fourth-order valence-corrected chi connectivity index (χ4v) is 4.72. The molecule has 1 aliphatic carbocycles. The maximum absolute atomic E-state index is 13.9. The monoisotopic (exact) mass is 491 g/mol. The fourth-order valence-electron chi connectivity index (χ4n) is 4.72. The van der Waals surface area contributed by atoms with Gasteiger partial charge in [-0.25, -0.2) is 13.9 Å². The number of fused-ring (bicyclic) bond motifs is 2. The van der Waals surface area contributed by atoms with Crippen LogP contribution in [0.4, 0.5) is 9.18 Å². The molecule has 8 nitrogen and oxygen atoms in total. The SMILES string of the molecule is C=N/C=C\N=C(/C)C(=O)[C@]12Cc3cnn(-c4ccc(F)cc4)c3C=C1CCN(C(=O)OC(C)(C)C)C2. The fraction of sp³-hybridized carbons (Fsp3) is 0.370. The Kier molecular flexibility index (Phi) is 6.75. The molecular formula is C27H30FN5O3. The number of likely N-dealkylation sites (tertiary alicyclic amines) is 1. The molecule has 1 aromatic heterocycles. The first-order chi connectivity index (χ1) is 17.0. The van der Waals surface area contributed by atoms with Crippen molar-refractivity contribution in [3.05, 3.63) is 65.5 Å². The topological polar surface area (TPSA) is 89.2 Å². The molecule has 0 bridgehead atoms. The summed E-state index contributed by atoms with van der Waals surface area (Å²) >= 11 is 0. The molecule has 2 aromatic rings. The highest BCUT2D eigenvalue weighted by atomic mass is 19.1. The first-order valence-corrected chi connectivity index (χ1v) is 11.8. The van der Waals surface area contributed by atoms with Crippen molar-refractivity contribution in [1.29, 1.82) is 0 Å². The summed E-state index contributed by atoms with van der Waals surface area (Å²) < 4.78 is 20.8. The molecule has 2 aliphatic rings. The smallest absolute Gasteiger partial charge is 0.410 e. The van der Waals surface area contributed by atoms with Crippen LogP contribution in [0.25, 0.3) is 11.8 Å². The predicted molar refractivity (Wildman–Crippen MR) is 137 cm³/mol. The number of piperidine rings is 1. The molecule has 1 saturated heterocycles. The molecule has 188 valence electrons. The van der Waals surface area contributed by atoms with Crippen molar-refractivity contribution in [3.63, 3.8) is 0 Å². The molecule has 36 heavy (non-hydrogen) atoms. The molecule has 0 radical (unpaired) electrons. The van der Waals surface area contributed by atoms with Crippen LogP contribution in [0.3, 0.4) is 0 Å². The zero-order valence-electron chi connectivity index (χ0n) is 21.0. The lowest BCUT2D eigenvalue weighted by atomic mass is 9.65. The predicted octanol–water partition coefficient (Wildman–Crippen LogP) is 4.78. The van der Waals surface area contributed by atoms with Gasteiger partial charge in [0.15, 0.2) is 5.78 Å². The largest absolute Gasteiger partial charge is 0.444 e. The van der Waals surface area contributed by atoms with Gasteiger partial charge in [-0.1, -0.05) is 5.57 Å². The Morgan fingerprint density at radius 1 is 1.22 bits per heavy atom. The molecule has 0 unspecified atom stereocenters. The van der Waals surface area contributed by atoms with Gasteiger partial charge in [0.25, 0.3) is 0 Å². The van der Waals surface area contributed by atoms with E-state index in [-0.39, 0.29) is 18.1 Å². The van der Waals surface area contributed by atoms with Crippen molar-refractivity contribution >= 4 is 30.4 Å². The zero-order chi connectivity index (χ0) is 26.1. The van der Waals surface area contributed by atoms with Crippen molar-refractivity contribution in [2.45, 2.75) is 46.1 Å². The first-order valence-electron chi connectivity index (χ1n) is 11.8. The van der Waals surface area contributed by atoms with E-state index >= 15 is 0 Å². The molecule has 1 fully saturated rings. The van der Waals surface area contributed by atoms with Gasteiger partial charge in [0.1, 0.15) is 11.4 Å². The molecule has 9 heteroatoms. The maximum Gasteiger partial charge on any atom is 0.410 e. The highest BCUT2D eigenvalue weighted by Gasteiger charge is 2.50. The van der Waals surface area contributed by atoms with Gasteiger partial charge in [-0.05, 0) is 83.2 Å². The van der Waals surface area contributed by atoms with Gasteiger partial charge in [-0.15, -0.1) is 0 Å². The molecule has 1 amide bonds. The number of aromatic nitrogens is 2. The van der Waals surface area contributed by atoms with E-state index in [2.05, 4.69) is 21.8 Å². The molecule has 1 atom stereocenters. The lowest BCUT2D eigenvalue weighted by Crippen LogP contribution is -2.55. The number of ether oxygens (including phenoxy) is 1. The number of aliphatic imine (C=N–C) groups is 2. The highest BCUT2D eigenvalue weighted by molar-refractivity contribution is 6.42. The van der Waals surface area contributed by atoms with E-state index in [0.717, 1.165) is 22.5 Å². The van der Waals surface area contributed by atoms with E-state index in [1.807, 2.05) is 26.8 Å². The minimum absolute atomic E-state index is 0.170. The van der Waals surface area contributed by atoms with Gasteiger partial charge >= 0.3 is 6.09 Å². The number of benzene rings is 1. The summed E-state index contributed by atoms with van der Waals surface area (Å²) in [6.45, 7) is 11.1. The number of hydrogen-bond acceptors (Lipinski definition) is 6. The number of amides is 1. The molecule has 1 aromatic carbocycles. The third-order valence-electron chi connectivity index (χ3n) is 6.34. The van der Waals surface area contributed by atoms with Crippen molar-refractivity contribution in [2.24, 2.45) is 15.4 Å². The van der Waals surface area contributed by atoms with Gasteiger partial charge in [-0.3, -0.25) is 14.8 Å². The number of ketones is 1. The second kappa shape index (κ2) is 9.64. The minimum Gasteiger partial charge on any atom is -0.444 e. The van der Waals surface area contributed by atoms with E-state index < -0.39 is 17.1 Å². The Morgan fingerprint density at radius 2 is 1.94 bits per heavy atom. The van der Waals surface area contributed by atoms with Crippen molar-refractivity contribution < 1.29 is 18.7 Å². The third-order valence-corrected chi connectivity index (χ3v) is 6.34. The van der Waals surface area contributed by atoms with E-state index in [4.69, 9.17) is 4.74 Å². The highest BCUT2D eigenvalue weighted by Crippen LogP contribution is 2.45. The maximum atomic E-state index is 13.9. The van der Waals surface area contributed by atoms with Crippen LogP contribution in [-0.2, 0) is 16.0 Å². The number of carbonyl (C=O) groups excluding carboxylic acids is 2. The Balaban J connectivity index is 1.76. The van der Waals surface area contributed by atoms with E-state index in [1.165, 1.54) is 24.5 Å². The summed E-state index contributed by atoms with van der Waals surface area (Å²) in [4.78, 5) is 36.4. The van der Waals surface area contributed by atoms with Gasteiger partial charge in [0.2, 0.25) is 0 Å². The Bertz CT molecular complexity index is 1280. The number of carbonyl (C=O) groups is 2. The number of nitrogens with zero attached hydrogens (tertiary/aromatic N) is 5. The average molecular weight is 492 g/mol. The van der Waals surface area contributed by atoms with Crippen molar-refractivity contribution in [2.75, 3.05) is 13.1 Å². The molecular weight excluding hydrogens is 461 g/mol. The van der Waals surface area contributed by atoms with Crippen LogP contribution in [0.5, 0.6) is 0 Å². The molecule has 0 saturated carbocycles. The molecule has 0 N–H and O–H groups in total. The number of halogens is 1. The number of Topliss-reactive ketones (excluding diaryl/α,β-unsaturated/α-hetero) is 1. The van der Waals surface area contributed by atoms with E-state index in [9.17, 15) is 14.0 Å². The quantitative estimate of drug-likeness (QED) is 0.563. The first kappa shape index (κ1) is 25.2. The Morgan fingerprint density at radius 3 is 2.61 bits per heavy atom. The summed E-state index contributed by atoms with van der Waals surface area (Å²) in [5.74, 6) is -0.497. The van der Waals surface area contributed by atoms with Crippen molar-refractivity contribution in [1.82, 2.24) is 14.7 Å². The Hall–Kier alpha value is -3.88. The third kappa shape index (κ3) is 4.91. The van der Waals surface area contributed by atoms with Crippen LogP contribution < -0.4 is 0 Å². The summed E-state index contributed by atoms with van der Waals surface area (Å²) in [7, 11) is 0. The van der Waals surface area contributed by atoms with E-state index in [0.29, 0.717) is 25.1 Å².